The lowest BCUT2D eigenvalue weighted by atomic mass is 10.2. The summed E-state index contributed by atoms with van der Waals surface area (Å²) in [6.07, 6.45) is 2.19. The van der Waals surface area contributed by atoms with Crippen LogP contribution in [0.4, 0.5) is 0 Å². The maximum absolute atomic E-state index is 11.8. The smallest absolute Gasteiger partial charge is 0.244 e. The van der Waals surface area contributed by atoms with E-state index in [0.29, 0.717) is 11.8 Å². The van der Waals surface area contributed by atoms with Gasteiger partial charge in [-0.15, -0.1) is 0 Å². The summed E-state index contributed by atoms with van der Waals surface area (Å²) >= 11 is 3.24. The predicted octanol–water partition coefficient (Wildman–Crippen LogP) is 0.851. The lowest BCUT2D eigenvalue weighted by Gasteiger charge is -2.26. The summed E-state index contributed by atoms with van der Waals surface area (Å²) in [6.45, 7) is 0.718. The van der Waals surface area contributed by atoms with Crippen LogP contribution >= 0.6 is 15.9 Å². The first-order chi connectivity index (χ1) is 7.07. The summed E-state index contributed by atoms with van der Waals surface area (Å²) in [4.78, 5) is 26.8. The summed E-state index contributed by atoms with van der Waals surface area (Å²) in [6, 6.07) is -0.230. The summed E-state index contributed by atoms with van der Waals surface area (Å²) in [7, 11) is 3.46. The fourth-order valence-corrected chi connectivity index (χ4v) is 2.18. The van der Waals surface area contributed by atoms with Crippen molar-refractivity contribution in [1.29, 1.82) is 0 Å². The molecule has 86 valence electrons. The second kappa shape index (κ2) is 5.49. The Morgan fingerprint density at radius 3 is 2.67 bits per heavy atom. The topological polar surface area (TPSA) is 40.6 Å². The van der Waals surface area contributed by atoms with Crippen LogP contribution in [0.1, 0.15) is 19.3 Å². The number of halogens is 1. The molecule has 15 heavy (non-hydrogen) atoms. The monoisotopic (exact) mass is 276 g/mol. The molecule has 1 unspecified atom stereocenters. The van der Waals surface area contributed by atoms with Crippen LogP contribution < -0.4 is 0 Å². The van der Waals surface area contributed by atoms with Gasteiger partial charge in [0.2, 0.25) is 11.8 Å². The number of nitrogens with zero attached hydrogens (tertiary/aromatic N) is 2. The van der Waals surface area contributed by atoms with Gasteiger partial charge in [-0.25, -0.2) is 0 Å². The van der Waals surface area contributed by atoms with Crippen LogP contribution in [0, 0.1) is 0 Å². The van der Waals surface area contributed by atoms with Crippen LogP contribution in [0.2, 0.25) is 0 Å². The minimum absolute atomic E-state index is 0.0374. The Balaban J connectivity index is 2.64. The number of amides is 2. The van der Waals surface area contributed by atoms with Gasteiger partial charge < -0.3 is 9.80 Å². The van der Waals surface area contributed by atoms with E-state index in [4.69, 9.17) is 0 Å². The van der Waals surface area contributed by atoms with Crippen molar-refractivity contribution in [2.75, 3.05) is 26.0 Å². The van der Waals surface area contributed by atoms with E-state index in [1.807, 2.05) is 0 Å². The number of likely N-dealkylation sites (N-methyl/N-ethyl adjacent to an activating group) is 1. The Kier molecular flexibility index (Phi) is 4.57. The molecule has 0 radical (unpaired) electrons. The second-order valence-electron chi connectivity index (χ2n) is 3.92. The van der Waals surface area contributed by atoms with Gasteiger partial charge in [0.1, 0.15) is 6.04 Å². The fourth-order valence-electron chi connectivity index (χ4n) is 1.84. The van der Waals surface area contributed by atoms with Gasteiger partial charge in [0.05, 0.1) is 0 Å². The zero-order valence-corrected chi connectivity index (χ0v) is 10.8. The molecule has 0 saturated carbocycles. The van der Waals surface area contributed by atoms with Gasteiger partial charge in [-0.2, -0.15) is 0 Å². The number of carbonyl (C=O) groups is 2. The molecule has 0 bridgehead atoms. The summed E-state index contributed by atoms with van der Waals surface area (Å²) in [5.41, 5.74) is 0. The molecule has 5 heteroatoms. The van der Waals surface area contributed by atoms with E-state index >= 15 is 0 Å². The van der Waals surface area contributed by atoms with Crippen molar-refractivity contribution in [3.05, 3.63) is 0 Å². The average molecular weight is 277 g/mol. The number of rotatable bonds is 3. The second-order valence-corrected chi connectivity index (χ2v) is 4.71. The molecule has 0 N–H and O–H groups in total. The zero-order valence-electron chi connectivity index (χ0n) is 9.20. The Bertz CT molecular complexity index is 256. The molecule has 0 spiro atoms. The Morgan fingerprint density at radius 1 is 1.47 bits per heavy atom. The van der Waals surface area contributed by atoms with Crippen LogP contribution in [0.25, 0.3) is 0 Å². The molecule has 0 aliphatic carbocycles. The number of hydrogen-bond acceptors (Lipinski definition) is 2. The van der Waals surface area contributed by atoms with Gasteiger partial charge in [0.15, 0.2) is 0 Å². The third kappa shape index (κ3) is 2.93. The maximum Gasteiger partial charge on any atom is 0.244 e. The Morgan fingerprint density at radius 2 is 2.13 bits per heavy atom. The Hall–Kier alpha value is -0.580. The lowest BCUT2D eigenvalue weighted by molar-refractivity contribution is -0.142. The van der Waals surface area contributed by atoms with E-state index in [2.05, 4.69) is 15.9 Å². The molecular formula is C10H17BrN2O2. The van der Waals surface area contributed by atoms with Gasteiger partial charge in [0.25, 0.3) is 0 Å². The summed E-state index contributed by atoms with van der Waals surface area (Å²) in [5.74, 6) is 0.111. The minimum Gasteiger partial charge on any atom is -0.347 e. The summed E-state index contributed by atoms with van der Waals surface area (Å²) < 4.78 is 0. The number of hydrogen-bond donors (Lipinski definition) is 0. The summed E-state index contributed by atoms with van der Waals surface area (Å²) in [5, 5.41) is 0.658. The maximum atomic E-state index is 11.8. The molecule has 1 saturated heterocycles. The first-order valence-corrected chi connectivity index (χ1v) is 6.26. The van der Waals surface area contributed by atoms with E-state index in [1.54, 1.807) is 23.9 Å². The minimum atomic E-state index is -0.230. The molecule has 0 aromatic rings. The third-order valence-electron chi connectivity index (χ3n) is 2.61. The van der Waals surface area contributed by atoms with Crippen molar-refractivity contribution < 1.29 is 9.59 Å². The normalized spacial score (nSPS) is 20.5. The predicted molar refractivity (Wildman–Crippen MR) is 61.8 cm³/mol. The van der Waals surface area contributed by atoms with Gasteiger partial charge in [-0.05, 0) is 12.8 Å². The molecule has 1 atom stereocenters. The van der Waals surface area contributed by atoms with Crippen molar-refractivity contribution >= 4 is 27.7 Å². The highest BCUT2D eigenvalue weighted by Crippen LogP contribution is 2.19. The average Bonchev–Trinajstić information content (AvgIpc) is 2.65. The quantitative estimate of drug-likeness (QED) is 0.718. The van der Waals surface area contributed by atoms with Crippen LogP contribution in [0.3, 0.4) is 0 Å². The highest BCUT2D eigenvalue weighted by molar-refractivity contribution is 9.09. The molecule has 1 heterocycles. The molecule has 2 amide bonds. The van der Waals surface area contributed by atoms with Crippen molar-refractivity contribution in [2.24, 2.45) is 0 Å². The van der Waals surface area contributed by atoms with Gasteiger partial charge in [-0.1, -0.05) is 15.9 Å². The highest BCUT2D eigenvalue weighted by Gasteiger charge is 2.34. The highest BCUT2D eigenvalue weighted by atomic mass is 79.9. The molecule has 0 aromatic carbocycles. The van der Waals surface area contributed by atoms with Crippen LogP contribution in [0.15, 0.2) is 0 Å². The van der Waals surface area contributed by atoms with Gasteiger partial charge in [0, 0.05) is 32.4 Å². The SMILES string of the molecule is CN(C)C(=O)C1CCCN1C(=O)CCBr. The number of alkyl halides is 1. The van der Waals surface area contributed by atoms with E-state index < -0.39 is 0 Å². The molecule has 1 fully saturated rings. The molecular weight excluding hydrogens is 260 g/mol. The number of likely N-dealkylation sites (tertiary alicyclic amines) is 1. The molecule has 1 rings (SSSR count). The standard InChI is InChI=1S/C10H17BrN2O2/c1-12(2)10(15)8-4-3-7-13(8)9(14)5-6-11/h8H,3-7H2,1-2H3. The van der Waals surface area contributed by atoms with E-state index in [-0.39, 0.29) is 17.9 Å². The van der Waals surface area contributed by atoms with Gasteiger partial charge in [-0.3, -0.25) is 9.59 Å². The van der Waals surface area contributed by atoms with E-state index in [9.17, 15) is 9.59 Å². The first-order valence-electron chi connectivity index (χ1n) is 5.14. The fraction of sp³-hybridized carbons (Fsp3) is 0.800. The van der Waals surface area contributed by atoms with E-state index in [0.717, 1.165) is 19.4 Å². The van der Waals surface area contributed by atoms with Crippen LogP contribution in [-0.4, -0.2) is 53.6 Å². The van der Waals surface area contributed by atoms with E-state index in [1.165, 1.54) is 0 Å². The molecule has 1 aliphatic heterocycles. The molecule has 1 aliphatic rings. The molecule has 0 aromatic heterocycles. The van der Waals surface area contributed by atoms with Gasteiger partial charge >= 0.3 is 0 Å². The Labute approximate surface area is 98.7 Å². The lowest BCUT2D eigenvalue weighted by Crippen LogP contribution is -2.45. The largest absolute Gasteiger partial charge is 0.347 e. The zero-order chi connectivity index (χ0) is 11.4. The molecule has 4 nitrogen and oxygen atoms in total. The van der Waals surface area contributed by atoms with Crippen molar-refractivity contribution in [3.63, 3.8) is 0 Å². The third-order valence-corrected chi connectivity index (χ3v) is 3.00. The van der Waals surface area contributed by atoms with Crippen molar-refractivity contribution in [2.45, 2.75) is 25.3 Å². The van der Waals surface area contributed by atoms with Crippen LogP contribution in [0.5, 0.6) is 0 Å². The van der Waals surface area contributed by atoms with Crippen molar-refractivity contribution in [1.82, 2.24) is 9.80 Å². The van der Waals surface area contributed by atoms with Crippen molar-refractivity contribution in [3.8, 4) is 0 Å². The first kappa shape index (κ1) is 12.5. The number of carbonyl (C=O) groups excluding carboxylic acids is 2. The van der Waals surface area contributed by atoms with Crippen LogP contribution in [-0.2, 0) is 9.59 Å².